The Labute approximate surface area is 172 Å². The molecule has 0 fully saturated rings. The van der Waals surface area contributed by atoms with Crippen LogP contribution in [0.3, 0.4) is 0 Å². The number of hydrogen-bond acceptors (Lipinski definition) is 3. The summed E-state index contributed by atoms with van der Waals surface area (Å²) in [6.07, 6.45) is 0.388. The van der Waals surface area contributed by atoms with Crippen molar-refractivity contribution in [2.45, 2.75) is 57.1 Å². The average Bonchev–Trinajstić information content (AvgIpc) is 2.66. The van der Waals surface area contributed by atoms with Crippen molar-refractivity contribution in [3.8, 4) is 0 Å². The molecule has 0 unspecified atom stereocenters. The van der Waals surface area contributed by atoms with Gasteiger partial charge in [0.1, 0.15) is 6.04 Å². The van der Waals surface area contributed by atoms with Gasteiger partial charge in [0.25, 0.3) is 0 Å². The molecule has 2 aromatic rings. The Balaban J connectivity index is 2.05. The van der Waals surface area contributed by atoms with Crippen molar-refractivity contribution in [1.82, 2.24) is 10.2 Å². The highest BCUT2D eigenvalue weighted by atomic mass is 32.2. The lowest BCUT2D eigenvalue weighted by molar-refractivity contribution is -0.140. The van der Waals surface area contributed by atoms with E-state index in [-0.39, 0.29) is 17.4 Å². The summed E-state index contributed by atoms with van der Waals surface area (Å²) in [6, 6.07) is 19.3. The monoisotopic (exact) mass is 398 g/mol. The molecule has 1 N–H and O–H groups in total. The van der Waals surface area contributed by atoms with Crippen LogP contribution in [0.4, 0.5) is 0 Å². The smallest absolute Gasteiger partial charge is 0.242 e. The molecule has 28 heavy (non-hydrogen) atoms. The quantitative estimate of drug-likeness (QED) is 0.666. The topological polar surface area (TPSA) is 49.4 Å². The Morgan fingerprint density at radius 3 is 2.14 bits per heavy atom. The Bertz CT molecular complexity index is 757. The minimum Gasteiger partial charge on any atom is -0.350 e. The van der Waals surface area contributed by atoms with Crippen LogP contribution >= 0.6 is 11.8 Å². The lowest BCUT2D eigenvalue weighted by Crippen LogP contribution is -2.52. The van der Waals surface area contributed by atoms with Crippen molar-refractivity contribution in [1.29, 1.82) is 0 Å². The summed E-state index contributed by atoms with van der Waals surface area (Å²) < 4.78 is 0. The molecule has 1 atom stereocenters. The summed E-state index contributed by atoms with van der Waals surface area (Å²) in [6.45, 7) is 8.05. The van der Waals surface area contributed by atoms with Gasteiger partial charge >= 0.3 is 0 Å². The zero-order valence-corrected chi connectivity index (χ0v) is 18.0. The van der Waals surface area contributed by atoms with Crippen LogP contribution in [0.15, 0.2) is 65.6 Å². The molecule has 2 aromatic carbocycles. The lowest BCUT2D eigenvalue weighted by Gasteiger charge is -2.31. The predicted molar refractivity (Wildman–Crippen MR) is 116 cm³/mol. The number of carbonyl (C=O) groups is 2. The van der Waals surface area contributed by atoms with Crippen molar-refractivity contribution < 1.29 is 9.59 Å². The largest absolute Gasteiger partial charge is 0.350 e. The van der Waals surface area contributed by atoms with Gasteiger partial charge in [-0.2, -0.15) is 0 Å². The van der Waals surface area contributed by atoms with Gasteiger partial charge in [-0.05, 0) is 45.4 Å². The first-order valence-corrected chi connectivity index (χ1v) is 10.6. The minimum atomic E-state index is -0.534. The molecule has 150 valence electrons. The molecule has 0 aliphatic heterocycles. The summed E-state index contributed by atoms with van der Waals surface area (Å²) >= 11 is 1.65. The third-order valence-electron chi connectivity index (χ3n) is 4.19. The van der Waals surface area contributed by atoms with E-state index in [9.17, 15) is 9.59 Å². The van der Waals surface area contributed by atoms with Gasteiger partial charge in [0.05, 0.1) is 0 Å². The zero-order chi connectivity index (χ0) is 20.6. The molecule has 0 spiro atoms. The van der Waals surface area contributed by atoms with Gasteiger partial charge in [-0.25, -0.2) is 0 Å². The van der Waals surface area contributed by atoms with E-state index in [4.69, 9.17) is 0 Å². The second-order valence-corrected chi connectivity index (χ2v) is 9.00. The van der Waals surface area contributed by atoms with Gasteiger partial charge in [-0.1, -0.05) is 48.5 Å². The van der Waals surface area contributed by atoms with Crippen LogP contribution in [-0.2, 0) is 16.1 Å². The van der Waals surface area contributed by atoms with E-state index in [1.807, 2.05) is 81.4 Å². The summed E-state index contributed by atoms with van der Waals surface area (Å²) in [5.41, 5.74) is 0.678. The molecular weight excluding hydrogens is 368 g/mol. The molecule has 2 rings (SSSR count). The summed E-state index contributed by atoms with van der Waals surface area (Å²) in [7, 11) is 0. The molecule has 0 aromatic heterocycles. The van der Waals surface area contributed by atoms with Gasteiger partial charge in [0.2, 0.25) is 11.8 Å². The summed E-state index contributed by atoms with van der Waals surface area (Å²) in [4.78, 5) is 28.5. The standard InChI is InChI=1S/C23H30N2O2S/c1-18(22(27)24-23(2,3)4)25(17-19-11-7-5-8-12-19)21(26)15-16-28-20-13-9-6-10-14-20/h5-14,18H,15-17H2,1-4H3,(H,24,27)/t18-/m0/s1. The van der Waals surface area contributed by atoms with Gasteiger partial charge in [0.15, 0.2) is 0 Å². The number of carbonyl (C=O) groups excluding carboxylic acids is 2. The van der Waals surface area contributed by atoms with Crippen LogP contribution in [0.5, 0.6) is 0 Å². The van der Waals surface area contributed by atoms with Crippen molar-refractivity contribution in [2.24, 2.45) is 0 Å². The molecular formula is C23H30N2O2S. The predicted octanol–water partition coefficient (Wildman–Crippen LogP) is 4.50. The van der Waals surface area contributed by atoms with E-state index in [0.717, 1.165) is 10.5 Å². The van der Waals surface area contributed by atoms with E-state index in [2.05, 4.69) is 5.32 Å². The molecule has 0 bridgehead atoms. The third kappa shape index (κ3) is 7.39. The highest BCUT2D eigenvalue weighted by Crippen LogP contribution is 2.19. The number of nitrogens with one attached hydrogen (secondary N) is 1. The highest BCUT2D eigenvalue weighted by molar-refractivity contribution is 7.99. The van der Waals surface area contributed by atoms with E-state index in [1.54, 1.807) is 23.6 Å². The molecule has 0 radical (unpaired) electrons. The number of nitrogens with zero attached hydrogens (tertiary/aromatic N) is 1. The highest BCUT2D eigenvalue weighted by Gasteiger charge is 2.28. The molecule has 5 heteroatoms. The van der Waals surface area contributed by atoms with E-state index in [1.165, 1.54) is 0 Å². The second-order valence-electron chi connectivity index (χ2n) is 7.83. The van der Waals surface area contributed by atoms with E-state index < -0.39 is 6.04 Å². The first kappa shape index (κ1) is 22.0. The van der Waals surface area contributed by atoms with Crippen LogP contribution in [-0.4, -0.2) is 34.0 Å². The number of hydrogen-bond donors (Lipinski definition) is 1. The van der Waals surface area contributed by atoms with Crippen molar-refractivity contribution >= 4 is 23.6 Å². The number of thioether (sulfide) groups is 1. The lowest BCUT2D eigenvalue weighted by atomic mass is 10.1. The Morgan fingerprint density at radius 2 is 1.57 bits per heavy atom. The first-order valence-electron chi connectivity index (χ1n) is 9.59. The summed E-state index contributed by atoms with van der Waals surface area (Å²) in [5.74, 6) is 0.540. The maximum Gasteiger partial charge on any atom is 0.242 e. The normalized spacial score (nSPS) is 12.3. The van der Waals surface area contributed by atoms with E-state index in [0.29, 0.717) is 18.7 Å². The Hall–Kier alpha value is -2.27. The number of benzene rings is 2. The summed E-state index contributed by atoms with van der Waals surface area (Å²) in [5, 5.41) is 2.98. The Kier molecular flexibility index (Phi) is 8.12. The Morgan fingerprint density at radius 1 is 1.00 bits per heavy atom. The van der Waals surface area contributed by atoms with Crippen molar-refractivity contribution in [2.75, 3.05) is 5.75 Å². The molecule has 0 aliphatic rings. The van der Waals surface area contributed by atoms with Crippen LogP contribution < -0.4 is 5.32 Å². The first-order chi connectivity index (χ1) is 13.3. The SMILES string of the molecule is C[C@@H](C(=O)NC(C)(C)C)N(Cc1ccccc1)C(=O)CCSc1ccccc1. The molecule has 0 saturated heterocycles. The van der Waals surface area contributed by atoms with Crippen molar-refractivity contribution in [3.05, 3.63) is 66.2 Å². The molecule has 4 nitrogen and oxygen atoms in total. The fraction of sp³-hybridized carbons (Fsp3) is 0.391. The van der Waals surface area contributed by atoms with Gasteiger partial charge in [-0.15, -0.1) is 11.8 Å². The van der Waals surface area contributed by atoms with Crippen LogP contribution in [0.2, 0.25) is 0 Å². The fourth-order valence-corrected chi connectivity index (χ4v) is 3.62. The minimum absolute atomic E-state index is 0.0103. The third-order valence-corrected chi connectivity index (χ3v) is 5.20. The molecule has 2 amide bonds. The maximum atomic E-state index is 13.0. The fourth-order valence-electron chi connectivity index (χ4n) is 2.75. The van der Waals surface area contributed by atoms with Crippen LogP contribution in [0.25, 0.3) is 0 Å². The van der Waals surface area contributed by atoms with Gasteiger partial charge in [-0.3, -0.25) is 9.59 Å². The number of rotatable bonds is 8. The molecule has 0 saturated carbocycles. The molecule has 0 heterocycles. The molecule has 0 aliphatic carbocycles. The average molecular weight is 399 g/mol. The van der Waals surface area contributed by atoms with Gasteiger partial charge < -0.3 is 10.2 Å². The van der Waals surface area contributed by atoms with Gasteiger partial charge in [0, 0.05) is 29.2 Å². The second kappa shape index (κ2) is 10.3. The van der Waals surface area contributed by atoms with Crippen LogP contribution in [0, 0.1) is 0 Å². The zero-order valence-electron chi connectivity index (χ0n) is 17.1. The number of amides is 2. The maximum absolute atomic E-state index is 13.0. The van der Waals surface area contributed by atoms with E-state index >= 15 is 0 Å². The van der Waals surface area contributed by atoms with Crippen LogP contribution in [0.1, 0.15) is 39.7 Å². The van der Waals surface area contributed by atoms with Crippen molar-refractivity contribution in [3.63, 3.8) is 0 Å².